The van der Waals surface area contributed by atoms with Crippen LogP contribution in [0.2, 0.25) is 0 Å². The molecule has 3 aromatic rings. The van der Waals surface area contributed by atoms with Crippen molar-refractivity contribution in [2.75, 3.05) is 5.32 Å². The summed E-state index contributed by atoms with van der Waals surface area (Å²) < 4.78 is 40.5. The number of aliphatic carboxylic acids is 1. The molecule has 2 N–H and O–H groups in total. The Morgan fingerprint density at radius 3 is 2.67 bits per heavy atom. The normalized spacial score (nSPS) is 12.9. The van der Waals surface area contributed by atoms with Crippen molar-refractivity contribution in [2.45, 2.75) is 31.5 Å². The molecule has 0 aliphatic rings. The summed E-state index contributed by atoms with van der Waals surface area (Å²) in [6.45, 7) is 0. The Morgan fingerprint density at radius 2 is 2.00 bits per heavy atom. The van der Waals surface area contributed by atoms with E-state index in [1.807, 2.05) is 30.3 Å². The van der Waals surface area contributed by atoms with Crippen LogP contribution in [0.5, 0.6) is 0 Å². The van der Waals surface area contributed by atoms with Gasteiger partial charge in [-0.1, -0.05) is 30.3 Å². The summed E-state index contributed by atoms with van der Waals surface area (Å²) in [5.74, 6) is -1.12. The first-order valence-electron chi connectivity index (χ1n) is 8.13. The van der Waals surface area contributed by atoms with Crippen LogP contribution in [0.3, 0.4) is 0 Å². The Hall–Kier alpha value is -3.17. The van der Waals surface area contributed by atoms with E-state index < -0.39 is 23.9 Å². The smallest absolute Gasteiger partial charge is 0.433 e. The molecule has 0 bridgehead atoms. The van der Waals surface area contributed by atoms with Crippen LogP contribution in [0, 0.1) is 0 Å². The minimum Gasteiger partial charge on any atom is -0.481 e. The van der Waals surface area contributed by atoms with Crippen molar-refractivity contribution in [1.82, 2.24) is 19.6 Å². The van der Waals surface area contributed by atoms with Gasteiger partial charge in [0.2, 0.25) is 0 Å². The second-order valence-electron chi connectivity index (χ2n) is 5.96. The lowest BCUT2D eigenvalue weighted by molar-refractivity contribution is -0.141. The molecule has 1 atom stereocenters. The summed E-state index contributed by atoms with van der Waals surface area (Å²) in [6.07, 6.45) is -2.99. The highest BCUT2D eigenvalue weighted by Gasteiger charge is 2.34. The van der Waals surface area contributed by atoms with Crippen LogP contribution in [0.15, 0.2) is 42.7 Å². The van der Waals surface area contributed by atoms with Crippen molar-refractivity contribution in [2.24, 2.45) is 0 Å². The molecule has 0 aliphatic carbocycles. The van der Waals surface area contributed by atoms with Gasteiger partial charge in [0.05, 0.1) is 0 Å². The first kappa shape index (κ1) is 18.6. The van der Waals surface area contributed by atoms with Gasteiger partial charge in [-0.05, 0) is 18.4 Å². The number of hydrogen-bond donors (Lipinski definition) is 2. The summed E-state index contributed by atoms with van der Waals surface area (Å²) in [4.78, 5) is 18.1. The summed E-state index contributed by atoms with van der Waals surface area (Å²) >= 11 is 0. The predicted octanol–water partition coefficient (Wildman–Crippen LogP) is 3.03. The lowest BCUT2D eigenvalue weighted by Gasteiger charge is -2.20. The first-order valence-corrected chi connectivity index (χ1v) is 8.13. The number of benzene rings is 1. The molecule has 3 rings (SSSR count). The third kappa shape index (κ3) is 4.72. The van der Waals surface area contributed by atoms with Crippen molar-refractivity contribution in [3.63, 3.8) is 0 Å². The monoisotopic (exact) mass is 379 g/mol. The Morgan fingerprint density at radius 1 is 1.26 bits per heavy atom. The molecule has 1 aromatic carbocycles. The molecule has 0 saturated carbocycles. The number of carboxylic acid groups (broad SMARTS) is 1. The second kappa shape index (κ2) is 7.60. The Kier molecular flexibility index (Phi) is 5.24. The molecule has 0 spiro atoms. The molecule has 2 heterocycles. The second-order valence-corrected chi connectivity index (χ2v) is 5.96. The molecule has 0 saturated heterocycles. The van der Waals surface area contributed by atoms with Gasteiger partial charge in [0, 0.05) is 18.5 Å². The van der Waals surface area contributed by atoms with Crippen LogP contribution in [-0.2, 0) is 17.4 Å². The Labute approximate surface area is 151 Å². The average Bonchev–Trinajstić information content (AvgIpc) is 3.08. The topological polar surface area (TPSA) is 92.4 Å². The number of alkyl halides is 3. The van der Waals surface area contributed by atoms with Crippen LogP contribution in [0.4, 0.5) is 19.0 Å². The summed E-state index contributed by atoms with van der Waals surface area (Å²) in [7, 11) is 0. The van der Waals surface area contributed by atoms with E-state index in [0.29, 0.717) is 6.42 Å². The summed E-state index contributed by atoms with van der Waals surface area (Å²) in [5, 5.41) is 15.8. The van der Waals surface area contributed by atoms with Crippen LogP contribution in [0.25, 0.3) is 5.78 Å². The quantitative estimate of drug-likeness (QED) is 0.656. The number of carboxylic acids is 1. The van der Waals surface area contributed by atoms with Gasteiger partial charge in [0.25, 0.3) is 5.78 Å². The zero-order valence-electron chi connectivity index (χ0n) is 14.0. The van der Waals surface area contributed by atoms with Gasteiger partial charge in [-0.2, -0.15) is 27.8 Å². The highest BCUT2D eigenvalue weighted by atomic mass is 19.4. The van der Waals surface area contributed by atoms with Gasteiger partial charge >= 0.3 is 12.1 Å². The van der Waals surface area contributed by atoms with Crippen LogP contribution >= 0.6 is 0 Å². The van der Waals surface area contributed by atoms with E-state index in [2.05, 4.69) is 20.4 Å². The summed E-state index contributed by atoms with van der Waals surface area (Å²) in [6, 6.07) is 9.70. The SMILES string of the molecule is O=C(O)CCC(Cc1ccccc1)Nc1cc(C(F)(F)F)nc2ncnn12. The minimum atomic E-state index is -4.64. The van der Waals surface area contributed by atoms with Crippen LogP contribution in [-0.4, -0.2) is 36.7 Å². The van der Waals surface area contributed by atoms with Crippen LogP contribution < -0.4 is 5.32 Å². The van der Waals surface area contributed by atoms with E-state index in [1.54, 1.807) is 0 Å². The molecule has 1 unspecified atom stereocenters. The van der Waals surface area contributed by atoms with E-state index in [-0.39, 0.29) is 24.4 Å². The Bertz CT molecular complexity index is 927. The van der Waals surface area contributed by atoms with Crippen molar-refractivity contribution >= 4 is 17.6 Å². The largest absolute Gasteiger partial charge is 0.481 e. The van der Waals surface area contributed by atoms with Crippen molar-refractivity contribution in [3.05, 3.63) is 54.0 Å². The number of halogens is 3. The first-order chi connectivity index (χ1) is 12.8. The summed E-state index contributed by atoms with van der Waals surface area (Å²) in [5.41, 5.74) is -0.164. The third-order valence-electron chi connectivity index (χ3n) is 3.93. The van der Waals surface area contributed by atoms with E-state index in [0.717, 1.165) is 22.5 Å². The van der Waals surface area contributed by atoms with E-state index >= 15 is 0 Å². The highest BCUT2D eigenvalue weighted by Crippen LogP contribution is 2.30. The number of hydrogen-bond acceptors (Lipinski definition) is 5. The van der Waals surface area contributed by atoms with Gasteiger partial charge in [-0.25, -0.2) is 4.98 Å². The number of nitrogens with one attached hydrogen (secondary N) is 1. The van der Waals surface area contributed by atoms with Gasteiger partial charge in [-0.3, -0.25) is 4.79 Å². The number of nitrogens with zero attached hydrogens (tertiary/aromatic N) is 4. The maximum absolute atomic E-state index is 13.1. The fourth-order valence-electron chi connectivity index (χ4n) is 2.69. The van der Waals surface area contributed by atoms with E-state index in [9.17, 15) is 18.0 Å². The predicted molar refractivity (Wildman–Crippen MR) is 90.2 cm³/mol. The number of carbonyl (C=O) groups is 1. The number of rotatable bonds is 7. The molecular weight excluding hydrogens is 363 g/mol. The van der Waals surface area contributed by atoms with Gasteiger partial charge < -0.3 is 10.4 Å². The fraction of sp³-hybridized carbons (Fsp3) is 0.294. The number of fused-ring (bicyclic) bond motifs is 1. The molecular formula is C17H16F3N5O2. The maximum atomic E-state index is 13.1. The maximum Gasteiger partial charge on any atom is 0.433 e. The molecule has 0 fully saturated rings. The Balaban J connectivity index is 1.92. The fourth-order valence-corrected chi connectivity index (χ4v) is 2.69. The van der Waals surface area contributed by atoms with Crippen molar-refractivity contribution in [3.8, 4) is 0 Å². The zero-order valence-corrected chi connectivity index (χ0v) is 14.0. The molecule has 2 aromatic heterocycles. The van der Waals surface area contributed by atoms with Gasteiger partial charge in [0.15, 0.2) is 5.69 Å². The lowest BCUT2D eigenvalue weighted by atomic mass is 10.0. The number of anilines is 1. The van der Waals surface area contributed by atoms with Crippen LogP contribution in [0.1, 0.15) is 24.1 Å². The third-order valence-corrected chi connectivity index (χ3v) is 3.93. The average molecular weight is 379 g/mol. The molecule has 0 radical (unpaired) electrons. The molecule has 27 heavy (non-hydrogen) atoms. The molecule has 10 heteroatoms. The molecule has 0 amide bonds. The standard InChI is InChI=1S/C17H16F3N5O2/c18-17(19,20)13-9-14(25-16(24-13)21-10-22-25)23-12(6-7-15(26)27)8-11-4-2-1-3-5-11/h1-5,9-10,12,23H,6-8H2,(H,26,27). The van der Waals surface area contributed by atoms with E-state index in [1.165, 1.54) is 0 Å². The molecule has 142 valence electrons. The lowest BCUT2D eigenvalue weighted by Crippen LogP contribution is -2.25. The van der Waals surface area contributed by atoms with E-state index in [4.69, 9.17) is 5.11 Å². The van der Waals surface area contributed by atoms with Crippen molar-refractivity contribution in [1.29, 1.82) is 0 Å². The van der Waals surface area contributed by atoms with Gasteiger partial charge in [0.1, 0.15) is 12.1 Å². The molecule has 7 nitrogen and oxygen atoms in total. The minimum absolute atomic E-state index is 0.0520. The van der Waals surface area contributed by atoms with Gasteiger partial charge in [-0.15, -0.1) is 0 Å². The molecule has 0 aliphatic heterocycles. The highest BCUT2D eigenvalue weighted by molar-refractivity contribution is 5.66. The zero-order chi connectivity index (χ0) is 19.4. The van der Waals surface area contributed by atoms with Crippen molar-refractivity contribution < 1.29 is 23.1 Å². The number of aromatic nitrogens is 4.